The predicted octanol–water partition coefficient (Wildman–Crippen LogP) is 2.57. The van der Waals surface area contributed by atoms with E-state index in [4.69, 9.17) is 4.52 Å². The molecule has 0 unspecified atom stereocenters. The Balaban J connectivity index is 1.34. The lowest BCUT2D eigenvalue weighted by Crippen LogP contribution is -2.49. The number of hydrogen-bond donors (Lipinski definition) is 1. The van der Waals surface area contributed by atoms with E-state index in [-0.39, 0.29) is 11.8 Å². The van der Waals surface area contributed by atoms with Crippen LogP contribution in [0.5, 0.6) is 0 Å². The van der Waals surface area contributed by atoms with Crippen molar-refractivity contribution in [3.63, 3.8) is 0 Å². The summed E-state index contributed by atoms with van der Waals surface area (Å²) in [5.74, 6) is 0.711. The first-order valence-corrected chi connectivity index (χ1v) is 9.46. The lowest BCUT2D eigenvalue weighted by atomic mass is 9.93. The number of piperidine rings is 1. The van der Waals surface area contributed by atoms with Gasteiger partial charge in [0.1, 0.15) is 6.04 Å². The maximum Gasteiger partial charge on any atom is 0.257 e. The molecule has 2 heterocycles. The van der Waals surface area contributed by atoms with Crippen molar-refractivity contribution >= 4 is 11.8 Å². The third kappa shape index (κ3) is 3.72. The molecule has 1 N–H and O–H groups in total. The highest BCUT2D eigenvalue weighted by atomic mass is 16.5. The fourth-order valence-electron chi connectivity index (χ4n) is 3.67. The molecule has 142 valence electrons. The molecule has 2 fully saturated rings. The lowest BCUT2D eigenvalue weighted by molar-refractivity contribution is -0.134. The van der Waals surface area contributed by atoms with Crippen LogP contribution in [-0.2, 0) is 4.79 Å². The minimum absolute atomic E-state index is 0.00296. The van der Waals surface area contributed by atoms with Crippen LogP contribution in [0.1, 0.15) is 48.8 Å². The zero-order valence-electron chi connectivity index (χ0n) is 15.7. The quantitative estimate of drug-likeness (QED) is 0.896. The molecule has 1 saturated carbocycles. The molecule has 4 rings (SSSR count). The summed E-state index contributed by atoms with van der Waals surface area (Å²) in [4.78, 5) is 31.1. The number of likely N-dealkylation sites (tertiary alicyclic amines) is 1. The molecule has 2 amide bonds. The van der Waals surface area contributed by atoms with Crippen LogP contribution >= 0.6 is 0 Å². The van der Waals surface area contributed by atoms with Gasteiger partial charge in [0.15, 0.2) is 5.82 Å². The number of carbonyl (C=O) groups excluding carboxylic acids is 2. The molecule has 0 radical (unpaired) electrons. The second-order valence-electron chi connectivity index (χ2n) is 7.74. The number of amides is 2. The van der Waals surface area contributed by atoms with Crippen LogP contribution in [0.3, 0.4) is 0 Å². The Morgan fingerprint density at radius 3 is 2.37 bits per heavy atom. The average Bonchev–Trinajstić information content (AvgIpc) is 3.29. The van der Waals surface area contributed by atoms with Crippen LogP contribution in [0.15, 0.2) is 28.8 Å². The summed E-state index contributed by atoms with van der Waals surface area (Å²) in [6, 6.07) is 6.37. The molecular formula is C20H24N4O3. The fourth-order valence-corrected chi connectivity index (χ4v) is 3.67. The van der Waals surface area contributed by atoms with Crippen molar-refractivity contribution in [1.82, 2.24) is 20.4 Å². The zero-order valence-corrected chi connectivity index (χ0v) is 15.7. The van der Waals surface area contributed by atoms with E-state index in [1.165, 1.54) is 12.8 Å². The number of nitrogens with one attached hydrogen (secondary N) is 1. The Morgan fingerprint density at radius 2 is 1.81 bits per heavy atom. The first kappa shape index (κ1) is 17.7. The molecule has 2 aliphatic rings. The van der Waals surface area contributed by atoms with Gasteiger partial charge in [0.05, 0.1) is 0 Å². The van der Waals surface area contributed by atoms with Crippen molar-refractivity contribution in [3.8, 4) is 11.5 Å². The van der Waals surface area contributed by atoms with Crippen LogP contribution in [0, 0.1) is 12.3 Å². The maximum atomic E-state index is 12.6. The smallest absolute Gasteiger partial charge is 0.257 e. The van der Waals surface area contributed by atoms with Crippen LogP contribution in [0.25, 0.3) is 11.5 Å². The monoisotopic (exact) mass is 368 g/mol. The van der Waals surface area contributed by atoms with Gasteiger partial charge in [-0.15, -0.1) is 0 Å². The highest BCUT2D eigenvalue weighted by Gasteiger charge is 2.45. The molecule has 0 bridgehead atoms. The van der Waals surface area contributed by atoms with E-state index in [0.717, 1.165) is 31.5 Å². The number of hydrogen-bond acceptors (Lipinski definition) is 5. The summed E-state index contributed by atoms with van der Waals surface area (Å²) in [5, 5.41) is 6.57. The second-order valence-corrected chi connectivity index (χ2v) is 7.74. The Bertz CT molecular complexity index is 844. The molecule has 1 saturated heterocycles. The van der Waals surface area contributed by atoms with E-state index < -0.39 is 6.04 Å². The number of aryl methyl sites for hydroxylation is 1. The standard InChI is InChI=1S/C20H24N4O3/c1-13(19(26)24-11-9-20(7-8-20)10-12-24)21-17(25)15-3-5-16(6-4-15)18-22-14(2)23-27-18/h3-6,13H,7-12H2,1-2H3,(H,21,25)/t13-/m0/s1. The molecule has 27 heavy (non-hydrogen) atoms. The van der Waals surface area contributed by atoms with Gasteiger partial charge in [-0.25, -0.2) is 0 Å². The number of benzene rings is 1. The molecule has 7 heteroatoms. The van der Waals surface area contributed by atoms with Gasteiger partial charge in [0.25, 0.3) is 11.8 Å². The number of nitrogens with zero attached hydrogens (tertiary/aromatic N) is 3. The van der Waals surface area contributed by atoms with Crippen molar-refractivity contribution in [2.24, 2.45) is 5.41 Å². The number of aromatic nitrogens is 2. The van der Waals surface area contributed by atoms with E-state index >= 15 is 0 Å². The van der Waals surface area contributed by atoms with Gasteiger partial charge in [-0.2, -0.15) is 4.98 Å². The largest absolute Gasteiger partial charge is 0.341 e. The Morgan fingerprint density at radius 1 is 1.15 bits per heavy atom. The minimum Gasteiger partial charge on any atom is -0.341 e. The topological polar surface area (TPSA) is 88.3 Å². The Labute approximate surface area is 158 Å². The fraction of sp³-hybridized carbons (Fsp3) is 0.500. The summed E-state index contributed by atoms with van der Waals surface area (Å²) in [6.07, 6.45) is 4.80. The van der Waals surface area contributed by atoms with Crippen LogP contribution in [-0.4, -0.2) is 46.0 Å². The molecule has 1 spiro atoms. The zero-order chi connectivity index (χ0) is 19.0. The van der Waals surface area contributed by atoms with Gasteiger partial charge >= 0.3 is 0 Å². The van der Waals surface area contributed by atoms with Crippen molar-refractivity contribution in [1.29, 1.82) is 0 Å². The van der Waals surface area contributed by atoms with E-state index in [1.54, 1.807) is 38.1 Å². The van der Waals surface area contributed by atoms with Crippen LogP contribution in [0.4, 0.5) is 0 Å². The third-order valence-corrected chi connectivity index (χ3v) is 5.73. The number of rotatable bonds is 4. The highest BCUT2D eigenvalue weighted by Crippen LogP contribution is 2.53. The first-order valence-electron chi connectivity index (χ1n) is 9.46. The van der Waals surface area contributed by atoms with Crippen molar-refractivity contribution in [3.05, 3.63) is 35.7 Å². The predicted molar refractivity (Wildman–Crippen MR) is 98.9 cm³/mol. The molecule has 1 aromatic carbocycles. The summed E-state index contributed by atoms with van der Waals surface area (Å²) >= 11 is 0. The van der Waals surface area contributed by atoms with Crippen molar-refractivity contribution in [2.75, 3.05) is 13.1 Å². The normalized spacial score (nSPS) is 19.0. The van der Waals surface area contributed by atoms with Crippen LogP contribution in [0.2, 0.25) is 0 Å². The molecule has 7 nitrogen and oxygen atoms in total. The molecular weight excluding hydrogens is 344 g/mol. The van der Waals surface area contributed by atoms with Gasteiger partial charge in [-0.05, 0) is 69.2 Å². The van der Waals surface area contributed by atoms with Crippen molar-refractivity contribution in [2.45, 2.75) is 45.6 Å². The van der Waals surface area contributed by atoms with Crippen molar-refractivity contribution < 1.29 is 14.1 Å². The van der Waals surface area contributed by atoms with Crippen LogP contribution < -0.4 is 5.32 Å². The summed E-state index contributed by atoms with van der Waals surface area (Å²) in [5.41, 5.74) is 1.77. The molecule has 2 aromatic rings. The second kappa shape index (κ2) is 6.79. The first-order chi connectivity index (χ1) is 13.0. The van der Waals surface area contributed by atoms with Gasteiger partial charge < -0.3 is 14.7 Å². The number of carbonyl (C=O) groups is 2. The van der Waals surface area contributed by atoms with E-state index in [9.17, 15) is 9.59 Å². The van der Waals surface area contributed by atoms with E-state index in [0.29, 0.717) is 22.7 Å². The summed E-state index contributed by atoms with van der Waals surface area (Å²) in [7, 11) is 0. The Hall–Kier alpha value is -2.70. The highest BCUT2D eigenvalue weighted by molar-refractivity contribution is 5.97. The van der Waals surface area contributed by atoms with Gasteiger partial charge in [0, 0.05) is 24.2 Å². The SMILES string of the molecule is Cc1noc(-c2ccc(C(=O)N[C@@H](C)C(=O)N3CCC4(CC3)CC4)cc2)n1. The van der Waals surface area contributed by atoms with Gasteiger partial charge in [0.2, 0.25) is 5.91 Å². The average molecular weight is 368 g/mol. The van der Waals surface area contributed by atoms with E-state index in [1.807, 2.05) is 4.90 Å². The minimum atomic E-state index is -0.538. The van der Waals surface area contributed by atoms with Gasteiger partial charge in [-0.1, -0.05) is 5.16 Å². The molecule has 1 aliphatic heterocycles. The lowest BCUT2D eigenvalue weighted by Gasteiger charge is -2.33. The van der Waals surface area contributed by atoms with Gasteiger partial charge in [-0.3, -0.25) is 9.59 Å². The molecule has 1 aliphatic carbocycles. The van der Waals surface area contributed by atoms with E-state index in [2.05, 4.69) is 15.5 Å². The maximum absolute atomic E-state index is 12.6. The Kier molecular flexibility index (Phi) is 4.45. The molecule has 1 aromatic heterocycles. The molecule has 1 atom stereocenters. The third-order valence-electron chi connectivity index (χ3n) is 5.73. The summed E-state index contributed by atoms with van der Waals surface area (Å²) in [6.45, 7) is 5.10. The summed E-state index contributed by atoms with van der Waals surface area (Å²) < 4.78 is 5.12.